The second kappa shape index (κ2) is 5.53. The Morgan fingerprint density at radius 1 is 1.58 bits per heavy atom. The van der Waals surface area contributed by atoms with Crippen LogP contribution in [0.3, 0.4) is 0 Å². The van der Waals surface area contributed by atoms with Crippen molar-refractivity contribution < 1.29 is 27.8 Å². The Morgan fingerprint density at radius 2 is 2.21 bits per heavy atom. The SMILES string of the molecule is N#Cc1nc(CN)c(CC(=O)O)cc1OC(F)(F)F. The van der Waals surface area contributed by atoms with Gasteiger partial charge in [-0.3, -0.25) is 4.79 Å². The smallest absolute Gasteiger partial charge is 0.481 e. The monoisotopic (exact) mass is 275 g/mol. The predicted molar refractivity (Wildman–Crippen MR) is 54.9 cm³/mol. The molecule has 0 saturated carbocycles. The highest BCUT2D eigenvalue weighted by Crippen LogP contribution is 2.27. The maximum absolute atomic E-state index is 12.1. The normalized spacial score (nSPS) is 10.9. The lowest BCUT2D eigenvalue weighted by molar-refractivity contribution is -0.274. The van der Waals surface area contributed by atoms with Crippen LogP contribution in [0.5, 0.6) is 5.75 Å². The number of hydrogen-bond donors (Lipinski definition) is 2. The fourth-order valence-corrected chi connectivity index (χ4v) is 1.35. The summed E-state index contributed by atoms with van der Waals surface area (Å²) in [5, 5.41) is 17.3. The Morgan fingerprint density at radius 3 is 2.63 bits per heavy atom. The zero-order valence-corrected chi connectivity index (χ0v) is 9.36. The third-order valence-electron chi connectivity index (χ3n) is 2.02. The predicted octanol–water partition coefficient (Wildman–Crippen LogP) is 0.938. The van der Waals surface area contributed by atoms with Crippen molar-refractivity contribution in [2.45, 2.75) is 19.3 Å². The van der Waals surface area contributed by atoms with Crippen molar-refractivity contribution in [1.29, 1.82) is 5.26 Å². The van der Waals surface area contributed by atoms with Gasteiger partial charge in [0.25, 0.3) is 0 Å². The molecule has 9 heteroatoms. The van der Waals surface area contributed by atoms with Gasteiger partial charge in [0.1, 0.15) is 6.07 Å². The molecule has 19 heavy (non-hydrogen) atoms. The number of nitrogens with zero attached hydrogens (tertiary/aromatic N) is 2. The number of alkyl halides is 3. The lowest BCUT2D eigenvalue weighted by Gasteiger charge is -2.13. The molecule has 1 aromatic rings. The van der Waals surface area contributed by atoms with Crippen molar-refractivity contribution in [3.05, 3.63) is 23.0 Å². The van der Waals surface area contributed by atoms with Gasteiger partial charge in [0, 0.05) is 6.54 Å². The van der Waals surface area contributed by atoms with Crippen molar-refractivity contribution in [3.63, 3.8) is 0 Å². The van der Waals surface area contributed by atoms with Crippen molar-refractivity contribution in [3.8, 4) is 11.8 Å². The first-order valence-corrected chi connectivity index (χ1v) is 4.87. The molecule has 6 nitrogen and oxygen atoms in total. The quantitative estimate of drug-likeness (QED) is 0.846. The van der Waals surface area contributed by atoms with Crippen molar-refractivity contribution in [1.82, 2.24) is 4.98 Å². The van der Waals surface area contributed by atoms with E-state index in [0.29, 0.717) is 0 Å². The molecular formula is C10H8F3N3O3. The number of carboxylic acid groups (broad SMARTS) is 1. The molecule has 0 radical (unpaired) electrons. The van der Waals surface area contributed by atoms with Crippen LogP contribution in [-0.4, -0.2) is 22.4 Å². The fourth-order valence-electron chi connectivity index (χ4n) is 1.35. The van der Waals surface area contributed by atoms with E-state index in [0.717, 1.165) is 6.07 Å². The summed E-state index contributed by atoms with van der Waals surface area (Å²) in [5.74, 6) is -2.11. The number of ether oxygens (including phenoxy) is 1. The van der Waals surface area contributed by atoms with E-state index < -0.39 is 30.2 Å². The van der Waals surface area contributed by atoms with Crippen LogP contribution in [0.15, 0.2) is 6.07 Å². The highest BCUT2D eigenvalue weighted by Gasteiger charge is 2.33. The summed E-state index contributed by atoms with van der Waals surface area (Å²) in [7, 11) is 0. The molecule has 0 saturated heterocycles. The number of nitriles is 1. The van der Waals surface area contributed by atoms with Gasteiger partial charge in [-0.2, -0.15) is 5.26 Å². The number of aliphatic carboxylic acids is 1. The van der Waals surface area contributed by atoms with Gasteiger partial charge in [-0.05, 0) is 11.6 Å². The second-order valence-electron chi connectivity index (χ2n) is 3.38. The molecule has 0 amide bonds. The first-order valence-electron chi connectivity index (χ1n) is 4.87. The minimum Gasteiger partial charge on any atom is -0.481 e. The highest BCUT2D eigenvalue weighted by atomic mass is 19.4. The summed E-state index contributed by atoms with van der Waals surface area (Å²) < 4.78 is 40.0. The van der Waals surface area contributed by atoms with Gasteiger partial charge in [-0.15, -0.1) is 13.2 Å². The molecule has 1 rings (SSSR count). The number of rotatable bonds is 4. The van der Waals surface area contributed by atoms with E-state index >= 15 is 0 Å². The van der Waals surface area contributed by atoms with Crippen LogP contribution in [0.1, 0.15) is 17.0 Å². The molecule has 102 valence electrons. The molecule has 3 N–H and O–H groups in total. The molecule has 0 aromatic carbocycles. The van der Waals surface area contributed by atoms with E-state index in [-0.39, 0.29) is 17.8 Å². The van der Waals surface area contributed by atoms with E-state index in [9.17, 15) is 18.0 Å². The number of pyridine rings is 1. The first-order chi connectivity index (χ1) is 8.76. The molecule has 0 spiro atoms. The molecule has 0 aliphatic heterocycles. The molecule has 0 atom stereocenters. The Balaban J connectivity index is 3.29. The lowest BCUT2D eigenvalue weighted by atomic mass is 10.1. The minimum absolute atomic E-state index is 0.0340. The number of halogens is 3. The zero-order chi connectivity index (χ0) is 14.6. The summed E-state index contributed by atoms with van der Waals surface area (Å²) in [5.41, 5.74) is 4.70. The van der Waals surface area contributed by atoms with Crippen molar-refractivity contribution in [2.24, 2.45) is 5.73 Å². The average Bonchev–Trinajstić information content (AvgIpc) is 2.26. The van der Waals surface area contributed by atoms with Gasteiger partial charge < -0.3 is 15.6 Å². The Hall–Kier alpha value is -2.34. The average molecular weight is 275 g/mol. The zero-order valence-electron chi connectivity index (χ0n) is 9.36. The van der Waals surface area contributed by atoms with Crippen LogP contribution in [-0.2, 0) is 17.8 Å². The van der Waals surface area contributed by atoms with Crippen molar-refractivity contribution in [2.75, 3.05) is 0 Å². The number of nitrogens with two attached hydrogens (primary N) is 1. The van der Waals surface area contributed by atoms with E-state index in [4.69, 9.17) is 16.1 Å². The van der Waals surface area contributed by atoms with Crippen LogP contribution in [0.4, 0.5) is 13.2 Å². The van der Waals surface area contributed by atoms with Crippen LogP contribution in [0, 0.1) is 11.3 Å². The highest BCUT2D eigenvalue weighted by molar-refractivity contribution is 5.71. The van der Waals surface area contributed by atoms with Gasteiger partial charge in [0.2, 0.25) is 0 Å². The standard InChI is InChI=1S/C10H8F3N3O3/c11-10(12,13)19-8-1-5(2-9(17)18)6(3-14)16-7(8)4-15/h1H,2-3,14H2,(H,17,18). The second-order valence-corrected chi connectivity index (χ2v) is 3.38. The van der Waals surface area contributed by atoms with E-state index in [1.165, 1.54) is 6.07 Å². The summed E-state index contributed by atoms with van der Waals surface area (Å²) in [6.07, 6.45) is -5.57. The Kier molecular flexibility index (Phi) is 4.29. The number of carbonyl (C=O) groups is 1. The minimum atomic E-state index is -5.00. The first kappa shape index (κ1) is 14.7. The van der Waals surface area contributed by atoms with Gasteiger partial charge in [0.05, 0.1) is 12.1 Å². The third kappa shape index (κ3) is 4.11. The van der Waals surface area contributed by atoms with Crippen molar-refractivity contribution >= 4 is 5.97 Å². The summed E-state index contributed by atoms with van der Waals surface area (Å²) in [4.78, 5) is 14.2. The molecule has 0 fully saturated rings. The summed E-state index contributed by atoms with van der Waals surface area (Å²) in [6.45, 7) is -0.205. The van der Waals surface area contributed by atoms with Crippen LogP contribution in [0.2, 0.25) is 0 Å². The molecule has 1 heterocycles. The third-order valence-corrected chi connectivity index (χ3v) is 2.02. The summed E-state index contributed by atoms with van der Waals surface area (Å²) >= 11 is 0. The maximum atomic E-state index is 12.1. The number of hydrogen-bond acceptors (Lipinski definition) is 5. The van der Waals surface area contributed by atoms with Gasteiger partial charge in [-0.1, -0.05) is 0 Å². The van der Waals surface area contributed by atoms with Crippen LogP contribution < -0.4 is 10.5 Å². The van der Waals surface area contributed by atoms with Gasteiger partial charge in [0.15, 0.2) is 11.4 Å². The molecule has 0 aliphatic rings. The maximum Gasteiger partial charge on any atom is 0.573 e. The fraction of sp³-hybridized carbons (Fsp3) is 0.300. The molecular weight excluding hydrogens is 267 g/mol. The van der Waals surface area contributed by atoms with Crippen LogP contribution >= 0.6 is 0 Å². The Bertz CT molecular complexity index is 537. The molecule has 0 unspecified atom stereocenters. The van der Waals surface area contributed by atoms with E-state index in [1.807, 2.05) is 0 Å². The summed E-state index contributed by atoms with van der Waals surface area (Å²) in [6, 6.07) is 2.25. The Labute approximate surface area is 105 Å². The van der Waals surface area contributed by atoms with Gasteiger partial charge >= 0.3 is 12.3 Å². The molecule has 1 aromatic heterocycles. The molecule has 0 bridgehead atoms. The van der Waals surface area contributed by atoms with E-state index in [2.05, 4.69) is 9.72 Å². The van der Waals surface area contributed by atoms with Gasteiger partial charge in [-0.25, -0.2) is 4.98 Å². The largest absolute Gasteiger partial charge is 0.573 e. The molecule has 0 aliphatic carbocycles. The number of aromatic nitrogens is 1. The van der Waals surface area contributed by atoms with E-state index in [1.54, 1.807) is 0 Å². The lowest BCUT2D eigenvalue weighted by Crippen LogP contribution is -2.19. The number of carboxylic acids is 1. The van der Waals surface area contributed by atoms with Crippen LogP contribution in [0.25, 0.3) is 0 Å². The topological polar surface area (TPSA) is 109 Å².